The number of anilines is 3. The largest absolute Gasteiger partial charge is 0.493 e. The topological polar surface area (TPSA) is 90.8 Å². The lowest BCUT2D eigenvalue weighted by Crippen LogP contribution is -2.31. The summed E-state index contributed by atoms with van der Waals surface area (Å²) in [6, 6.07) is 10.4. The molecule has 2 aromatic carbocycles. The van der Waals surface area contributed by atoms with Crippen molar-refractivity contribution in [2.45, 2.75) is 32.2 Å². The second-order valence-electron chi connectivity index (χ2n) is 8.69. The van der Waals surface area contributed by atoms with Gasteiger partial charge >= 0.3 is 6.09 Å². The molecule has 1 aromatic heterocycles. The zero-order valence-electron chi connectivity index (χ0n) is 20.2. The van der Waals surface area contributed by atoms with Crippen LogP contribution in [-0.4, -0.2) is 52.3 Å². The van der Waals surface area contributed by atoms with Gasteiger partial charge in [0, 0.05) is 30.1 Å². The molecule has 11 heteroatoms. The molecule has 3 aromatic rings. The van der Waals surface area contributed by atoms with Gasteiger partial charge in [0.2, 0.25) is 5.95 Å². The molecule has 1 amide bonds. The zero-order chi connectivity index (χ0) is 26.2. The van der Waals surface area contributed by atoms with E-state index in [1.165, 1.54) is 31.5 Å². The Morgan fingerprint density at radius 1 is 1.14 bits per heavy atom. The molecule has 8 nitrogen and oxygen atoms in total. The van der Waals surface area contributed by atoms with Crippen LogP contribution in [0.3, 0.4) is 0 Å². The van der Waals surface area contributed by atoms with Crippen LogP contribution in [0, 0.1) is 11.6 Å². The fourth-order valence-corrected chi connectivity index (χ4v) is 4.35. The molecular weight excluding hydrogens is 504 g/mol. The Morgan fingerprint density at radius 2 is 1.92 bits per heavy atom. The second-order valence-corrected chi connectivity index (χ2v) is 9.06. The van der Waals surface area contributed by atoms with E-state index in [2.05, 4.69) is 20.2 Å². The summed E-state index contributed by atoms with van der Waals surface area (Å²) in [5.74, 6) is -0.894. The lowest BCUT2D eigenvalue weighted by atomic mass is 10.1. The number of benzene rings is 2. The Balaban J connectivity index is 1.40. The van der Waals surface area contributed by atoms with Gasteiger partial charge in [-0.25, -0.2) is 18.6 Å². The fourth-order valence-electron chi connectivity index (χ4n) is 4.13. The van der Waals surface area contributed by atoms with Crippen LogP contribution >= 0.6 is 11.6 Å². The number of rotatable bonds is 10. The van der Waals surface area contributed by atoms with Crippen molar-refractivity contribution in [3.63, 3.8) is 0 Å². The van der Waals surface area contributed by atoms with E-state index in [1.54, 1.807) is 12.1 Å². The molecule has 0 bridgehead atoms. The van der Waals surface area contributed by atoms with E-state index in [1.807, 2.05) is 12.1 Å². The van der Waals surface area contributed by atoms with Crippen molar-refractivity contribution >= 4 is 35.1 Å². The maximum Gasteiger partial charge on any atom is 0.413 e. The van der Waals surface area contributed by atoms with Crippen molar-refractivity contribution in [2.75, 3.05) is 36.5 Å². The molecule has 0 saturated carbocycles. The molecule has 1 aliphatic rings. The molecule has 4 rings (SSSR count). The number of amides is 1. The first kappa shape index (κ1) is 26.6. The first-order chi connectivity index (χ1) is 17.9. The average molecular weight is 532 g/mol. The minimum Gasteiger partial charge on any atom is -0.493 e. The van der Waals surface area contributed by atoms with E-state index in [0.717, 1.165) is 43.1 Å². The molecule has 0 aliphatic carbocycles. The first-order valence-corrected chi connectivity index (χ1v) is 12.5. The third kappa shape index (κ3) is 7.27. The normalized spacial score (nSPS) is 13.8. The zero-order valence-corrected chi connectivity index (χ0v) is 20.9. The lowest BCUT2D eigenvalue weighted by molar-refractivity contribution is 0.201. The third-order valence-corrected chi connectivity index (χ3v) is 6.44. The number of ether oxygens (including phenoxy) is 1. The van der Waals surface area contributed by atoms with Gasteiger partial charge in [0.05, 0.1) is 18.2 Å². The number of hydrogen-bond acceptors (Lipinski definition) is 6. The van der Waals surface area contributed by atoms with E-state index < -0.39 is 29.3 Å². The lowest BCUT2D eigenvalue weighted by Gasteiger charge is -2.26. The quantitative estimate of drug-likeness (QED) is 0.241. The number of likely N-dealkylation sites (tertiary alicyclic amines) is 1. The van der Waals surface area contributed by atoms with Crippen molar-refractivity contribution < 1.29 is 23.4 Å². The van der Waals surface area contributed by atoms with Crippen LogP contribution in [0.4, 0.5) is 31.0 Å². The molecule has 0 unspecified atom stereocenters. The Kier molecular flexibility index (Phi) is 9.08. The second kappa shape index (κ2) is 12.6. The monoisotopic (exact) mass is 531 g/mol. The van der Waals surface area contributed by atoms with E-state index in [-0.39, 0.29) is 17.3 Å². The number of nitrogens with one attached hydrogen (secondary N) is 1. The minimum atomic E-state index is -1.41. The van der Waals surface area contributed by atoms with Gasteiger partial charge in [-0.1, -0.05) is 24.1 Å². The van der Waals surface area contributed by atoms with Crippen LogP contribution in [-0.2, 0) is 6.54 Å². The number of nitrogens with zero attached hydrogens (tertiary/aromatic N) is 4. The number of halogens is 3. The van der Waals surface area contributed by atoms with Gasteiger partial charge in [-0.3, -0.25) is 4.90 Å². The van der Waals surface area contributed by atoms with Crippen LogP contribution in [0.2, 0.25) is 5.02 Å². The number of carbonyl (C=O) groups is 1. The van der Waals surface area contributed by atoms with Gasteiger partial charge < -0.3 is 20.1 Å². The summed E-state index contributed by atoms with van der Waals surface area (Å²) in [7, 11) is 0. The maximum absolute atomic E-state index is 14.3. The SMILES string of the molecule is O=C(O)N(Cc1c(F)ccc(F)c1Cl)c1ccnc(Nc2cccc(OCCCN3CCCCC3)c2)n1. The summed E-state index contributed by atoms with van der Waals surface area (Å²) < 4.78 is 34.0. The Bertz CT molecular complexity index is 1230. The van der Waals surface area contributed by atoms with Crippen LogP contribution in [0.5, 0.6) is 5.75 Å². The highest BCUT2D eigenvalue weighted by Gasteiger charge is 2.22. The van der Waals surface area contributed by atoms with Crippen LogP contribution in [0.1, 0.15) is 31.2 Å². The van der Waals surface area contributed by atoms with Crippen LogP contribution < -0.4 is 15.0 Å². The molecule has 37 heavy (non-hydrogen) atoms. The summed E-state index contributed by atoms with van der Waals surface area (Å²) in [6.07, 6.45) is 4.72. The number of hydrogen-bond donors (Lipinski definition) is 2. The Morgan fingerprint density at radius 3 is 2.70 bits per heavy atom. The van der Waals surface area contributed by atoms with Gasteiger partial charge in [0.15, 0.2) is 0 Å². The first-order valence-electron chi connectivity index (χ1n) is 12.1. The Labute approximate surface area is 218 Å². The predicted octanol–water partition coefficient (Wildman–Crippen LogP) is 6.09. The predicted molar refractivity (Wildman–Crippen MR) is 138 cm³/mol. The van der Waals surface area contributed by atoms with Crippen LogP contribution in [0.15, 0.2) is 48.7 Å². The summed E-state index contributed by atoms with van der Waals surface area (Å²) in [6.45, 7) is 3.39. The minimum absolute atomic E-state index is 0.0326. The molecule has 0 radical (unpaired) electrons. The van der Waals surface area contributed by atoms with Gasteiger partial charge in [-0.05, 0) is 62.7 Å². The van der Waals surface area contributed by atoms with E-state index in [0.29, 0.717) is 18.0 Å². The molecule has 2 N–H and O–H groups in total. The van der Waals surface area contributed by atoms with Crippen LogP contribution in [0.25, 0.3) is 0 Å². The van der Waals surface area contributed by atoms with Crippen molar-refractivity contribution in [1.29, 1.82) is 0 Å². The van der Waals surface area contributed by atoms with Gasteiger partial charge in [0.1, 0.15) is 23.2 Å². The summed E-state index contributed by atoms with van der Waals surface area (Å²) in [5.41, 5.74) is 0.356. The molecule has 1 aliphatic heterocycles. The third-order valence-electron chi connectivity index (χ3n) is 6.03. The summed E-state index contributed by atoms with van der Waals surface area (Å²) in [4.78, 5) is 23.5. The number of aromatic nitrogens is 2. The smallest absolute Gasteiger partial charge is 0.413 e. The molecule has 1 fully saturated rings. The van der Waals surface area contributed by atoms with Crippen molar-refractivity contribution in [2.24, 2.45) is 0 Å². The van der Waals surface area contributed by atoms with Crippen molar-refractivity contribution in [3.05, 3.63) is 70.9 Å². The highest BCUT2D eigenvalue weighted by molar-refractivity contribution is 6.31. The Hall–Kier alpha value is -3.50. The maximum atomic E-state index is 14.3. The van der Waals surface area contributed by atoms with Gasteiger partial charge in [-0.15, -0.1) is 0 Å². The summed E-state index contributed by atoms with van der Waals surface area (Å²) in [5, 5.41) is 12.3. The molecule has 0 atom stereocenters. The van der Waals surface area contributed by atoms with Gasteiger partial charge in [0.25, 0.3) is 0 Å². The fraction of sp³-hybridized carbons (Fsp3) is 0.346. The summed E-state index contributed by atoms with van der Waals surface area (Å²) >= 11 is 5.88. The van der Waals surface area contributed by atoms with Crippen molar-refractivity contribution in [1.82, 2.24) is 14.9 Å². The highest BCUT2D eigenvalue weighted by Crippen LogP contribution is 2.27. The van der Waals surface area contributed by atoms with E-state index in [4.69, 9.17) is 16.3 Å². The molecule has 1 saturated heterocycles. The number of carboxylic acid groups (broad SMARTS) is 1. The van der Waals surface area contributed by atoms with E-state index >= 15 is 0 Å². The molecule has 2 heterocycles. The molecule has 196 valence electrons. The highest BCUT2D eigenvalue weighted by atomic mass is 35.5. The standard InChI is InChI=1S/C26H28ClF2N5O3/c27-24-20(21(28)8-9-22(24)29)17-34(26(35)36)23-10-11-30-25(32-23)31-18-6-4-7-19(16-18)37-15-5-14-33-12-2-1-3-13-33/h4,6-11,16H,1-3,5,12-15,17H2,(H,35,36)(H,30,31,32). The average Bonchev–Trinajstić information content (AvgIpc) is 2.90. The van der Waals surface area contributed by atoms with Crippen molar-refractivity contribution in [3.8, 4) is 5.75 Å². The van der Waals surface area contributed by atoms with E-state index in [9.17, 15) is 18.7 Å². The molecular formula is C26H28ClF2N5O3. The molecule has 0 spiro atoms. The number of piperidine rings is 1. The van der Waals surface area contributed by atoms with Gasteiger partial charge in [-0.2, -0.15) is 4.98 Å².